The van der Waals surface area contributed by atoms with Crippen molar-refractivity contribution < 1.29 is 5.11 Å². The highest BCUT2D eigenvalue weighted by Gasteiger charge is 1.94. The van der Waals surface area contributed by atoms with Crippen molar-refractivity contribution in [3.05, 3.63) is 12.4 Å². The second-order valence-electron chi connectivity index (χ2n) is 2.08. The Hall–Kier alpha value is -1.40. The highest BCUT2D eigenvalue weighted by atomic mass is 16.3. The minimum atomic E-state index is 0.0575. The second kappa shape index (κ2) is 4.47. The maximum absolute atomic E-state index is 8.50. The molecule has 0 radical (unpaired) electrons. The Morgan fingerprint density at radius 3 is 2.83 bits per heavy atom. The van der Waals surface area contributed by atoms with Crippen LogP contribution >= 0.6 is 0 Å². The molecule has 1 rings (SSSR count). The molecule has 0 bridgehead atoms. The first-order valence-electron chi connectivity index (χ1n) is 3.50. The van der Waals surface area contributed by atoms with Crippen molar-refractivity contribution in [2.24, 2.45) is 5.84 Å². The summed E-state index contributed by atoms with van der Waals surface area (Å²) < 4.78 is 0. The summed E-state index contributed by atoms with van der Waals surface area (Å²) in [5, 5.41) is 11.4. The van der Waals surface area contributed by atoms with Gasteiger partial charge in [-0.3, -0.25) is 4.98 Å². The zero-order chi connectivity index (χ0) is 8.81. The van der Waals surface area contributed by atoms with Crippen LogP contribution in [-0.4, -0.2) is 28.2 Å². The SMILES string of the molecule is NNc1cncc(NCCO)n1. The largest absolute Gasteiger partial charge is 0.395 e. The van der Waals surface area contributed by atoms with E-state index in [9.17, 15) is 0 Å². The van der Waals surface area contributed by atoms with E-state index in [1.807, 2.05) is 0 Å². The fraction of sp³-hybridized carbons (Fsp3) is 0.333. The molecule has 1 aromatic rings. The molecule has 1 heterocycles. The minimum Gasteiger partial charge on any atom is -0.395 e. The fourth-order valence-corrected chi connectivity index (χ4v) is 0.705. The van der Waals surface area contributed by atoms with Gasteiger partial charge in [0.15, 0.2) is 5.82 Å². The van der Waals surface area contributed by atoms with Crippen LogP contribution < -0.4 is 16.6 Å². The van der Waals surface area contributed by atoms with Crippen LogP contribution in [0.1, 0.15) is 0 Å². The van der Waals surface area contributed by atoms with Gasteiger partial charge in [-0.25, -0.2) is 10.8 Å². The number of aliphatic hydroxyl groups excluding tert-OH is 1. The van der Waals surface area contributed by atoms with Crippen molar-refractivity contribution in [2.45, 2.75) is 0 Å². The van der Waals surface area contributed by atoms with Crippen molar-refractivity contribution in [1.82, 2.24) is 9.97 Å². The molecule has 0 aromatic carbocycles. The Bertz CT molecular complexity index is 241. The number of anilines is 2. The Morgan fingerprint density at radius 1 is 1.42 bits per heavy atom. The normalized spacial score (nSPS) is 9.50. The number of hydrogen-bond donors (Lipinski definition) is 4. The summed E-state index contributed by atoms with van der Waals surface area (Å²) in [6.07, 6.45) is 3.06. The molecule has 66 valence electrons. The molecule has 0 aliphatic rings. The Kier molecular flexibility index (Phi) is 3.24. The van der Waals surface area contributed by atoms with Gasteiger partial charge < -0.3 is 15.8 Å². The average molecular weight is 169 g/mol. The maximum atomic E-state index is 8.50. The number of nitrogens with two attached hydrogens (primary N) is 1. The minimum absolute atomic E-state index is 0.0575. The smallest absolute Gasteiger partial charge is 0.160 e. The monoisotopic (exact) mass is 169 g/mol. The summed E-state index contributed by atoms with van der Waals surface area (Å²) in [6.45, 7) is 0.505. The zero-order valence-corrected chi connectivity index (χ0v) is 6.49. The van der Waals surface area contributed by atoms with Gasteiger partial charge in [-0.15, -0.1) is 0 Å². The lowest BCUT2D eigenvalue weighted by Crippen LogP contribution is -2.12. The van der Waals surface area contributed by atoms with E-state index in [4.69, 9.17) is 10.9 Å². The van der Waals surface area contributed by atoms with Gasteiger partial charge in [0.2, 0.25) is 0 Å². The molecule has 0 aliphatic carbocycles. The van der Waals surface area contributed by atoms with Crippen LogP contribution in [0.3, 0.4) is 0 Å². The number of hydrazine groups is 1. The zero-order valence-electron chi connectivity index (χ0n) is 6.49. The lowest BCUT2D eigenvalue weighted by Gasteiger charge is -2.03. The first kappa shape index (κ1) is 8.69. The number of aliphatic hydroxyl groups is 1. The van der Waals surface area contributed by atoms with E-state index in [0.29, 0.717) is 18.2 Å². The van der Waals surface area contributed by atoms with Crippen molar-refractivity contribution >= 4 is 11.6 Å². The predicted octanol–water partition coefficient (Wildman–Crippen LogP) is -0.834. The quantitative estimate of drug-likeness (QED) is 0.347. The molecule has 0 aliphatic heterocycles. The van der Waals surface area contributed by atoms with Crippen molar-refractivity contribution in [2.75, 3.05) is 23.9 Å². The Labute approximate surface area is 69.8 Å². The third-order valence-corrected chi connectivity index (χ3v) is 1.20. The lowest BCUT2D eigenvalue weighted by atomic mass is 10.6. The van der Waals surface area contributed by atoms with Gasteiger partial charge >= 0.3 is 0 Å². The van der Waals surface area contributed by atoms with Crippen molar-refractivity contribution in [1.29, 1.82) is 0 Å². The van der Waals surface area contributed by atoms with Gasteiger partial charge in [0.1, 0.15) is 5.82 Å². The van der Waals surface area contributed by atoms with Gasteiger partial charge in [0, 0.05) is 6.54 Å². The number of nitrogens with zero attached hydrogens (tertiary/aromatic N) is 2. The summed E-state index contributed by atoms with van der Waals surface area (Å²) in [5.41, 5.74) is 2.37. The number of aromatic nitrogens is 2. The van der Waals surface area contributed by atoms with Gasteiger partial charge in [0.25, 0.3) is 0 Å². The van der Waals surface area contributed by atoms with Crippen LogP contribution in [0, 0.1) is 0 Å². The molecule has 0 fully saturated rings. The number of nitrogen functional groups attached to an aromatic ring is 1. The fourth-order valence-electron chi connectivity index (χ4n) is 0.705. The Morgan fingerprint density at radius 2 is 2.17 bits per heavy atom. The topological polar surface area (TPSA) is 96.1 Å². The molecule has 12 heavy (non-hydrogen) atoms. The first-order valence-corrected chi connectivity index (χ1v) is 3.50. The van der Waals surface area contributed by atoms with E-state index in [-0.39, 0.29) is 6.61 Å². The molecule has 6 nitrogen and oxygen atoms in total. The molecular formula is C6H11N5O. The molecule has 0 saturated carbocycles. The van der Waals surface area contributed by atoms with E-state index in [1.54, 1.807) is 6.20 Å². The van der Waals surface area contributed by atoms with Crippen molar-refractivity contribution in [3.8, 4) is 0 Å². The summed E-state index contributed by atoms with van der Waals surface area (Å²) in [5.74, 6) is 6.18. The van der Waals surface area contributed by atoms with Crippen LogP contribution in [0.5, 0.6) is 0 Å². The molecule has 1 aromatic heterocycles. The number of hydrogen-bond acceptors (Lipinski definition) is 6. The maximum Gasteiger partial charge on any atom is 0.160 e. The second-order valence-corrected chi connectivity index (χ2v) is 2.08. The van der Waals surface area contributed by atoms with Crippen LogP contribution in [0.25, 0.3) is 0 Å². The first-order chi connectivity index (χ1) is 5.86. The van der Waals surface area contributed by atoms with Crippen LogP contribution in [-0.2, 0) is 0 Å². The summed E-state index contributed by atoms with van der Waals surface area (Å²) in [6, 6.07) is 0. The standard InChI is InChI=1S/C6H11N5O/c7-11-6-4-8-3-5(10-6)9-1-2-12/h3-4,12H,1-2,7H2,(H2,9,10,11). The van der Waals surface area contributed by atoms with Gasteiger partial charge in [0.05, 0.1) is 19.0 Å². The van der Waals surface area contributed by atoms with Crippen molar-refractivity contribution in [3.63, 3.8) is 0 Å². The molecule has 0 saturated heterocycles. The average Bonchev–Trinajstić information content (AvgIpc) is 2.15. The predicted molar refractivity (Wildman–Crippen MR) is 45.4 cm³/mol. The summed E-state index contributed by atoms with van der Waals surface area (Å²) in [7, 11) is 0. The van der Waals surface area contributed by atoms with E-state index < -0.39 is 0 Å². The summed E-state index contributed by atoms with van der Waals surface area (Å²) >= 11 is 0. The number of rotatable bonds is 4. The van der Waals surface area contributed by atoms with E-state index >= 15 is 0 Å². The van der Waals surface area contributed by atoms with Crippen LogP contribution in [0.2, 0.25) is 0 Å². The highest BCUT2D eigenvalue weighted by molar-refractivity contribution is 5.40. The number of nitrogens with one attached hydrogen (secondary N) is 2. The molecule has 0 spiro atoms. The lowest BCUT2D eigenvalue weighted by molar-refractivity contribution is 0.311. The molecule has 0 amide bonds. The Balaban J connectivity index is 2.60. The van der Waals surface area contributed by atoms with Gasteiger partial charge in [-0.05, 0) is 0 Å². The van der Waals surface area contributed by atoms with Crippen LogP contribution in [0.4, 0.5) is 11.6 Å². The van der Waals surface area contributed by atoms with Gasteiger partial charge in [-0.2, -0.15) is 0 Å². The third-order valence-electron chi connectivity index (χ3n) is 1.20. The van der Waals surface area contributed by atoms with E-state index in [2.05, 4.69) is 20.7 Å². The molecule has 0 unspecified atom stereocenters. The molecule has 5 N–H and O–H groups in total. The van der Waals surface area contributed by atoms with Crippen LogP contribution in [0.15, 0.2) is 12.4 Å². The molecule has 0 atom stereocenters. The third kappa shape index (κ3) is 2.33. The van der Waals surface area contributed by atoms with Gasteiger partial charge in [-0.1, -0.05) is 0 Å². The highest BCUT2D eigenvalue weighted by Crippen LogP contribution is 2.03. The van der Waals surface area contributed by atoms with E-state index in [1.165, 1.54) is 6.20 Å². The molecule has 6 heteroatoms. The van der Waals surface area contributed by atoms with E-state index in [0.717, 1.165) is 0 Å². The molecular weight excluding hydrogens is 158 g/mol. The summed E-state index contributed by atoms with van der Waals surface area (Å²) in [4.78, 5) is 7.87.